The number of aliphatic hydroxyl groups excluding tert-OH is 1. The van der Waals surface area contributed by atoms with Crippen molar-refractivity contribution in [3.63, 3.8) is 0 Å². The molecule has 0 saturated heterocycles. The first-order valence-corrected chi connectivity index (χ1v) is 6.55. The monoisotopic (exact) mass is 291 g/mol. The lowest BCUT2D eigenvalue weighted by Crippen LogP contribution is -2.13. The van der Waals surface area contributed by atoms with E-state index in [1.807, 2.05) is 12.1 Å². The number of aliphatic hydroxyl groups is 1. The van der Waals surface area contributed by atoms with Crippen molar-refractivity contribution in [3.05, 3.63) is 51.9 Å². The van der Waals surface area contributed by atoms with Crippen LogP contribution in [0.5, 0.6) is 0 Å². The van der Waals surface area contributed by atoms with Crippen LogP contribution in [0.4, 0.5) is 0 Å². The van der Waals surface area contributed by atoms with Crippen LogP contribution < -0.4 is 0 Å². The summed E-state index contributed by atoms with van der Waals surface area (Å²) in [6, 6.07) is 7.19. The Labute approximate surface area is 122 Å². The van der Waals surface area contributed by atoms with E-state index in [1.54, 1.807) is 32.1 Å². The Balaban J connectivity index is 2.41. The maximum Gasteiger partial charge on any atom is 0.343 e. The van der Waals surface area contributed by atoms with Crippen molar-refractivity contribution in [3.8, 4) is 0 Å². The molecule has 0 amide bonds. The largest absolute Gasteiger partial charge is 0.505 e. The lowest BCUT2D eigenvalue weighted by atomic mass is 10.1. The Bertz CT molecular complexity index is 644. The van der Waals surface area contributed by atoms with Crippen molar-refractivity contribution in [1.82, 2.24) is 0 Å². The van der Waals surface area contributed by atoms with Crippen LogP contribution in [0.1, 0.15) is 19.4 Å². The van der Waals surface area contributed by atoms with Crippen LogP contribution in [0, 0.1) is 0 Å². The molecule has 1 aromatic carbocycles. The van der Waals surface area contributed by atoms with Gasteiger partial charge in [-0.15, -0.1) is 0 Å². The van der Waals surface area contributed by atoms with E-state index in [-0.39, 0.29) is 17.9 Å². The minimum absolute atomic E-state index is 0.102. The molecule has 1 aromatic rings. The van der Waals surface area contributed by atoms with Crippen LogP contribution in [-0.4, -0.2) is 23.4 Å². The first-order chi connectivity index (χ1) is 9.54. The fraction of sp³-hybridized carbons (Fsp3) is 0.200. The van der Waals surface area contributed by atoms with E-state index in [4.69, 9.17) is 16.3 Å². The molecule has 1 heterocycles. The molecular weight excluding hydrogens is 278 g/mol. The van der Waals surface area contributed by atoms with E-state index in [2.05, 4.69) is 4.99 Å². The summed E-state index contributed by atoms with van der Waals surface area (Å²) in [5.41, 5.74) is 1.56. The van der Waals surface area contributed by atoms with Crippen LogP contribution >= 0.6 is 11.6 Å². The number of esters is 1. The predicted molar refractivity (Wildman–Crippen MR) is 78.8 cm³/mol. The fourth-order valence-corrected chi connectivity index (χ4v) is 2.07. The van der Waals surface area contributed by atoms with Crippen molar-refractivity contribution in [2.75, 3.05) is 6.61 Å². The van der Waals surface area contributed by atoms with Gasteiger partial charge in [-0.3, -0.25) is 0 Å². The third-order valence-electron chi connectivity index (χ3n) is 2.81. The van der Waals surface area contributed by atoms with Gasteiger partial charge in [-0.25, -0.2) is 9.79 Å². The third-order valence-corrected chi connectivity index (χ3v) is 3.15. The maximum absolute atomic E-state index is 11.8. The Morgan fingerprint density at radius 3 is 2.80 bits per heavy atom. The highest BCUT2D eigenvalue weighted by Crippen LogP contribution is 2.28. The number of ether oxygens (including phenoxy) is 1. The molecule has 0 fully saturated rings. The zero-order valence-corrected chi connectivity index (χ0v) is 11.9. The molecule has 0 bridgehead atoms. The highest BCUT2D eigenvalue weighted by Gasteiger charge is 2.27. The normalized spacial score (nSPS) is 16.6. The molecule has 0 aromatic heterocycles. The summed E-state index contributed by atoms with van der Waals surface area (Å²) in [6.45, 7) is 3.60. The standard InChI is InChI=1S/C15H14ClNO3/c1-3-20-15(19)13-9(2)17-12(14(13)18)8-10-6-4-5-7-11(10)16/h4-8,18H,3H2,1-2H3/b12-8+. The number of hydrogen-bond acceptors (Lipinski definition) is 4. The third kappa shape index (κ3) is 2.75. The summed E-state index contributed by atoms with van der Waals surface area (Å²) in [5.74, 6) is -0.755. The van der Waals surface area contributed by atoms with Crippen molar-refractivity contribution in [2.45, 2.75) is 13.8 Å². The van der Waals surface area contributed by atoms with Crippen LogP contribution in [0.2, 0.25) is 5.02 Å². The van der Waals surface area contributed by atoms with Crippen LogP contribution in [-0.2, 0) is 9.53 Å². The number of aliphatic imine (C=N–C) groups is 1. The molecule has 0 saturated carbocycles. The van der Waals surface area contributed by atoms with Crippen LogP contribution in [0.15, 0.2) is 46.3 Å². The van der Waals surface area contributed by atoms with E-state index >= 15 is 0 Å². The Morgan fingerprint density at radius 2 is 2.15 bits per heavy atom. The molecule has 0 atom stereocenters. The zero-order chi connectivity index (χ0) is 14.7. The van der Waals surface area contributed by atoms with Crippen molar-refractivity contribution >= 4 is 29.4 Å². The predicted octanol–water partition coefficient (Wildman–Crippen LogP) is 3.53. The lowest BCUT2D eigenvalue weighted by Gasteiger charge is -2.03. The molecule has 104 valence electrons. The van der Waals surface area contributed by atoms with Gasteiger partial charge in [-0.05, 0) is 31.6 Å². The summed E-state index contributed by atoms with van der Waals surface area (Å²) in [4.78, 5) is 15.9. The molecule has 0 radical (unpaired) electrons. The van der Waals surface area contributed by atoms with Gasteiger partial charge < -0.3 is 9.84 Å². The van der Waals surface area contributed by atoms with Crippen molar-refractivity contribution in [2.24, 2.45) is 4.99 Å². The second-order valence-corrected chi connectivity index (χ2v) is 4.60. The topological polar surface area (TPSA) is 58.9 Å². The highest BCUT2D eigenvalue weighted by atomic mass is 35.5. The summed E-state index contributed by atoms with van der Waals surface area (Å²) < 4.78 is 4.90. The van der Waals surface area contributed by atoms with E-state index in [0.717, 1.165) is 5.56 Å². The van der Waals surface area contributed by atoms with Gasteiger partial charge in [0.1, 0.15) is 11.3 Å². The van der Waals surface area contributed by atoms with E-state index in [9.17, 15) is 9.90 Å². The molecule has 1 N–H and O–H groups in total. The van der Waals surface area contributed by atoms with E-state index in [0.29, 0.717) is 16.4 Å². The number of rotatable bonds is 3. The van der Waals surface area contributed by atoms with Crippen LogP contribution in [0.25, 0.3) is 6.08 Å². The first-order valence-electron chi connectivity index (χ1n) is 6.17. The molecule has 0 spiro atoms. The minimum Gasteiger partial charge on any atom is -0.505 e. The summed E-state index contributed by atoms with van der Waals surface area (Å²) in [6.07, 6.45) is 1.63. The first kappa shape index (κ1) is 14.3. The molecule has 0 unspecified atom stereocenters. The van der Waals surface area contributed by atoms with Gasteiger partial charge in [0.25, 0.3) is 0 Å². The number of benzene rings is 1. The molecule has 0 aliphatic carbocycles. The second kappa shape index (κ2) is 5.92. The number of halogens is 1. The van der Waals surface area contributed by atoms with Crippen molar-refractivity contribution < 1.29 is 14.6 Å². The Morgan fingerprint density at radius 1 is 1.45 bits per heavy atom. The number of carbonyl (C=O) groups is 1. The average Bonchev–Trinajstić information content (AvgIpc) is 2.67. The average molecular weight is 292 g/mol. The van der Waals surface area contributed by atoms with E-state index < -0.39 is 5.97 Å². The smallest absolute Gasteiger partial charge is 0.343 e. The second-order valence-electron chi connectivity index (χ2n) is 4.19. The zero-order valence-electron chi connectivity index (χ0n) is 11.2. The maximum atomic E-state index is 11.8. The van der Waals surface area contributed by atoms with E-state index in [1.165, 1.54) is 0 Å². The van der Waals surface area contributed by atoms with Crippen molar-refractivity contribution in [1.29, 1.82) is 0 Å². The van der Waals surface area contributed by atoms with Gasteiger partial charge in [0.2, 0.25) is 0 Å². The van der Waals surface area contributed by atoms with Gasteiger partial charge in [-0.2, -0.15) is 0 Å². The summed E-state index contributed by atoms with van der Waals surface area (Å²) in [5, 5.41) is 10.7. The van der Waals surface area contributed by atoms with Crippen LogP contribution in [0.3, 0.4) is 0 Å². The molecule has 20 heavy (non-hydrogen) atoms. The van der Waals surface area contributed by atoms with Gasteiger partial charge in [0.05, 0.1) is 12.3 Å². The fourth-order valence-electron chi connectivity index (χ4n) is 1.88. The summed E-state index contributed by atoms with van der Waals surface area (Å²) in [7, 11) is 0. The quantitative estimate of drug-likeness (QED) is 0.867. The van der Waals surface area contributed by atoms with Gasteiger partial charge in [-0.1, -0.05) is 29.8 Å². The van der Waals surface area contributed by atoms with Gasteiger partial charge in [0.15, 0.2) is 5.76 Å². The Kier molecular flexibility index (Phi) is 4.25. The summed E-state index contributed by atoms with van der Waals surface area (Å²) >= 11 is 6.05. The SMILES string of the molecule is CCOC(=O)C1=C(O)/C(=C\c2ccccc2Cl)N=C1C. The molecule has 1 aliphatic heterocycles. The Hall–Kier alpha value is -2.07. The molecule has 4 nitrogen and oxygen atoms in total. The molecule has 5 heteroatoms. The number of nitrogens with zero attached hydrogens (tertiary/aromatic N) is 1. The molecule has 2 rings (SSSR count). The number of carbonyl (C=O) groups excluding carboxylic acids is 1. The lowest BCUT2D eigenvalue weighted by molar-refractivity contribution is -0.138. The minimum atomic E-state index is -0.575. The number of hydrogen-bond donors (Lipinski definition) is 1. The highest BCUT2D eigenvalue weighted by molar-refractivity contribution is 6.32. The van der Waals surface area contributed by atoms with Gasteiger partial charge >= 0.3 is 5.97 Å². The molecule has 1 aliphatic rings. The van der Waals surface area contributed by atoms with Gasteiger partial charge in [0, 0.05) is 5.02 Å². The molecular formula is C15H14ClNO3.